The molecule has 198 valence electrons. The molecular weight excluding hydrogens is 496 g/mol. The van der Waals surface area contributed by atoms with Crippen LogP contribution in [0.25, 0.3) is 0 Å². The average molecular weight is 529 g/mol. The first kappa shape index (κ1) is 25.5. The van der Waals surface area contributed by atoms with Crippen molar-refractivity contribution in [3.63, 3.8) is 0 Å². The summed E-state index contributed by atoms with van der Waals surface area (Å²) in [6.45, 7) is 7.37. The van der Waals surface area contributed by atoms with Gasteiger partial charge in [-0.15, -0.1) is 0 Å². The number of ether oxygens (including phenoxy) is 3. The third-order valence-corrected chi connectivity index (χ3v) is 9.10. The van der Waals surface area contributed by atoms with Crippen molar-refractivity contribution in [3.8, 4) is 11.5 Å². The molecular formula is C27H32N2O7S. The van der Waals surface area contributed by atoms with Gasteiger partial charge in [-0.05, 0) is 60.4 Å². The summed E-state index contributed by atoms with van der Waals surface area (Å²) in [4.78, 5) is 25.1. The number of anilines is 1. The van der Waals surface area contributed by atoms with Crippen molar-refractivity contribution in [2.24, 2.45) is 10.8 Å². The van der Waals surface area contributed by atoms with E-state index in [1.807, 2.05) is 0 Å². The predicted octanol–water partition coefficient (Wildman–Crippen LogP) is 3.84. The number of hydrogen-bond acceptors (Lipinski definition) is 7. The van der Waals surface area contributed by atoms with Crippen LogP contribution in [-0.4, -0.2) is 57.0 Å². The lowest BCUT2D eigenvalue weighted by molar-refractivity contribution is -0.119. The standard InChI is InChI=1S/C27H32N2O7S/c1-26(2)13-20-14-27(3,16-26)17-29(20)37(32,33)21-6-4-5-18(11-21)25(31)36-15-24(30)28-19-7-8-22-23(12-19)35-10-9-34-22/h4-8,11-12,20H,9-10,13-17H2,1-3H3,(H,28,30). The van der Waals surface area contributed by atoms with E-state index in [-0.39, 0.29) is 27.3 Å². The second-order valence-corrected chi connectivity index (χ2v) is 13.2. The Morgan fingerprint density at radius 3 is 2.59 bits per heavy atom. The van der Waals surface area contributed by atoms with E-state index < -0.39 is 28.5 Å². The Labute approximate surface area is 217 Å². The summed E-state index contributed by atoms with van der Waals surface area (Å²) in [6.07, 6.45) is 2.63. The van der Waals surface area contributed by atoms with Gasteiger partial charge in [0.05, 0.1) is 10.5 Å². The fourth-order valence-electron chi connectivity index (χ4n) is 6.14. The van der Waals surface area contributed by atoms with Gasteiger partial charge in [0.2, 0.25) is 10.0 Å². The SMILES string of the molecule is CC1(C)CC2CC(C)(CN2S(=O)(=O)c2cccc(C(=O)OCC(=O)Nc3ccc4c(c3)OCCO4)c2)C1. The summed E-state index contributed by atoms with van der Waals surface area (Å²) < 4.78 is 44.9. The first-order valence-electron chi connectivity index (χ1n) is 12.4. The molecule has 2 heterocycles. The van der Waals surface area contributed by atoms with Crippen molar-refractivity contribution >= 4 is 27.6 Å². The summed E-state index contributed by atoms with van der Waals surface area (Å²) in [7, 11) is -3.79. The number of amides is 1. The van der Waals surface area contributed by atoms with Crippen LogP contribution in [-0.2, 0) is 19.6 Å². The van der Waals surface area contributed by atoms with Crippen molar-refractivity contribution in [1.29, 1.82) is 0 Å². The minimum Gasteiger partial charge on any atom is -0.486 e. The Morgan fingerprint density at radius 2 is 1.81 bits per heavy atom. The first-order valence-corrected chi connectivity index (χ1v) is 13.9. The molecule has 37 heavy (non-hydrogen) atoms. The van der Waals surface area contributed by atoms with Crippen LogP contribution in [0.5, 0.6) is 11.5 Å². The molecule has 2 fully saturated rings. The normalized spacial score (nSPS) is 24.4. The summed E-state index contributed by atoms with van der Waals surface area (Å²) in [6, 6.07) is 10.8. The highest BCUT2D eigenvalue weighted by molar-refractivity contribution is 7.89. The molecule has 1 amide bonds. The Bertz CT molecular complexity index is 1340. The van der Waals surface area contributed by atoms with E-state index in [9.17, 15) is 18.0 Å². The molecule has 1 saturated heterocycles. The molecule has 2 atom stereocenters. The molecule has 1 aliphatic carbocycles. The monoisotopic (exact) mass is 528 g/mol. The van der Waals surface area contributed by atoms with Crippen LogP contribution in [0, 0.1) is 10.8 Å². The molecule has 3 aliphatic rings. The molecule has 5 rings (SSSR count). The van der Waals surface area contributed by atoms with E-state index >= 15 is 0 Å². The van der Waals surface area contributed by atoms with Crippen LogP contribution in [0.15, 0.2) is 47.4 Å². The largest absolute Gasteiger partial charge is 0.486 e. The van der Waals surface area contributed by atoms with E-state index in [0.29, 0.717) is 36.9 Å². The maximum absolute atomic E-state index is 13.6. The van der Waals surface area contributed by atoms with Gasteiger partial charge in [0, 0.05) is 24.3 Å². The molecule has 2 unspecified atom stereocenters. The van der Waals surface area contributed by atoms with E-state index in [0.717, 1.165) is 19.3 Å². The van der Waals surface area contributed by atoms with Gasteiger partial charge >= 0.3 is 5.97 Å². The van der Waals surface area contributed by atoms with Crippen LogP contribution < -0.4 is 14.8 Å². The third kappa shape index (κ3) is 5.31. The number of hydrogen-bond donors (Lipinski definition) is 1. The number of fused-ring (bicyclic) bond motifs is 3. The van der Waals surface area contributed by atoms with Crippen LogP contribution in [0.1, 0.15) is 50.4 Å². The molecule has 0 spiro atoms. The zero-order valence-corrected chi connectivity index (χ0v) is 22.1. The fourth-order valence-corrected chi connectivity index (χ4v) is 7.96. The number of sulfonamides is 1. The number of carbonyl (C=O) groups is 2. The van der Waals surface area contributed by atoms with Crippen LogP contribution in [0.2, 0.25) is 0 Å². The molecule has 1 N–H and O–H groups in total. The molecule has 2 bridgehead atoms. The molecule has 9 nitrogen and oxygen atoms in total. The maximum atomic E-state index is 13.6. The number of nitrogens with one attached hydrogen (secondary N) is 1. The van der Waals surface area contributed by atoms with Crippen molar-refractivity contribution < 1.29 is 32.2 Å². The second-order valence-electron chi connectivity index (χ2n) is 11.3. The number of rotatable bonds is 6. The van der Waals surface area contributed by atoms with Gasteiger partial charge < -0.3 is 19.5 Å². The molecule has 0 radical (unpaired) electrons. The van der Waals surface area contributed by atoms with Crippen molar-refractivity contribution in [1.82, 2.24) is 4.31 Å². The highest BCUT2D eigenvalue weighted by Gasteiger charge is 2.53. The fraction of sp³-hybridized carbons (Fsp3) is 0.481. The van der Waals surface area contributed by atoms with Gasteiger partial charge in [-0.25, -0.2) is 13.2 Å². The molecule has 2 aromatic carbocycles. The number of benzene rings is 2. The highest BCUT2D eigenvalue weighted by Crippen LogP contribution is 2.53. The summed E-state index contributed by atoms with van der Waals surface area (Å²) >= 11 is 0. The Hall–Kier alpha value is -3.11. The summed E-state index contributed by atoms with van der Waals surface area (Å²) in [5.74, 6) is -0.184. The molecule has 0 aromatic heterocycles. The van der Waals surface area contributed by atoms with Crippen LogP contribution in [0.3, 0.4) is 0 Å². The minimum absolute atomic E-state index is 0.0524. The van der Waals surface area contributed by atoms with E-state index in [4.69, 9.17) is 14.2 Å². The van der Waals surface area contributed by atoms with Gasteiger partial charge in [0.1, 0.15) is 13.2 Å². The average Bonchev–Trinajstić information content (AvgIpc) is 3.11. The van der Waals surface area contributed by atoms with Crippen molar-refractivity contribution in [2.45, 2.75) is 51.0 Å². The lowest BCUT2D eigenvalue weighted by atomic mass is 9.65. The van der Waals surface area contributed by atoms with Gasteiger partial charge in [0.15, 0.2) is 18.1 Å². The van der Waals surface area contributed by atoms with Gasteiger partial charge in [-0.3, -0.25) is 4.79 Å². The van der Waals surface area contributed by atoms with Crippen LogP contribution in [0.4, 0.5) is 5.69 Å². The quantitative estimate of drug-likeness (QED) is 0.567. The van der Waals surface area contributed by atoms with Crippen molar-refractivity contribution in [3.05, 3.63) is 48.0 Å². The molecule has 2 aromatic rings. The van der Waals surface area contributed by atoms with E-state index in [2.05, 4.69) is 26.1 Å². The van der Waals surface area contributed by atoms with Gasteiger partial charge in [-0.2, -0.15) is 4.31 Å². The Kier molecular flexibility index (Phi) is 6.44. The van der Waals surface area contributed by atoms with Gasteiger partial charge in [-0.1, -0.05) is 26.8 Å². The van der Waals surface area contributed by atoms with Crippen molar-refractivity contribution in [2.75, 3.05) is 31.7 Å². The van der Waals surface area contributed by atoms with Gasteiger partial charge in [0.25, 0.3) is 5.91 Å². The predicted molar refractivity (Wildman–Crippen MR) is 136 cm³/mol. The molecule has 10 heteroatoms. The van der Waals surface area contributed by atoms with E-state index in [1.54, 1.807) is 22.5 Å². The lowest BCUT2D eigenvalue weighted by Crippen LogP contribution is -2.37. The summed E-state index contributed by atoms with van der Waals surface area (Å²) in [5.41, 5.74) is 0.572. The maximum Gasteiger partial charge on any atom is 0.338 e. The Morgan fingerprint density at radius 1 is 1.05 bits per heavy atom. The minimum atomic E-state index is -3.79. The number of carbonyl (C=O) groups excluding carboxylic acids is 2. The highest BCUT2D eigenvalue weighted by atomic mass is 32.2. The number of nitrogens with zero attached hydrogens (tertiary/aromatic N) is 1. The Balaban J connectivity index is 1.23. The zero-order chi connectivity index (χ0) is 26.4. The number of esters is 1. The zero-order valence-electron chi connectivity index (χ0n) is 21.3. The topological polar surface area (TPSA) is 111 Å². The molecule has 2 aliphatic heterocycles. The molecule has 1 saturated carbocycles. The van der Waals surface area contributed by atoms with Crippen LogP contribution >= 0.6 is 0 Å². The second kappa shape index (κ2) is 9.33. The summed E-state index contributed by atoms with van der Waals surface area (Å²) in [5, 5.41) is 2.65. The lowest BCUT2D eigenvalue weighted by Gasteiger charge is -2.39. The van der Waals surface area contributed by atoms with E-state index in [1.165, 1.54) is 24.3 Å². The first-order chi connectivity index (χ1) is 17.4. The third-order valence-electron chi connectivity index (χ3n) is 7.20. The smallest absolute Gasteiger partial charge is 0.338 e.